The Hall–Kier alpha value is -2.33. The summed E-state index contributed by atoms with van der Waals surface area (Å²) in [5.74, 6) is -1.27. The fourth-order valence-corrected chi connectivity index (χ4v) is 1.86. The smallest absolute Gasteiger partial charge is 0.335 e. The van der Waals surface area contributed by atoms with E-state index in [1.807, 2.05) is 0 Å². The van der Waals surface area contributed by atoms with Crippen molar-refractivity contribution in [2.75, 3.05) is 5.32 Å². The Morgan fingerprint density at radius 2 is 1.65 bits per heavy atom. The fourth-order valence-electron chi connectivity index (χ4n) is 1.73. The summed E-state index contributed by atoms with van der Waals surface area (Å²) in [5, 5.41) is 12.2. The Kier molecular flexibility index (Phi) is 4.05. The molecule has 0 aliphatic rings. The lowest BCUT2D eigenvalue weighted by Gasteiger charge is -2.09. The van der Waals surface area contributed by atoms with Gasteiger partial charge in [0.2, 0.25) is 0 Å². The van der Waals surface area contributed by atoms with Crippen LogP contribution >= 0.6 is 11.6 Å². The van der Waals surface area contributed by atoms with Gasteiger partial charge in [-0.15, -0.1) is 0 Å². The molecule has 1 amide bonds. The van der Waals surface area contributed by atoms with Crippen LogP contribution in [0, 0.1) is 6.92 Å². The highest BCUT2D eigenvalue weighted by Gasteiger charge is 2.10. The van der Waals surface area contributed by atoms with Crippen molar-refractivity contribution in [2.45, 2.75) is 6.92 Å². The average Bonchev–Trinajstić information content (AvgIpc) is 2.41. The number of carbonyl (C=O) groups excluding carboxylic acids is 1. The van der Waals surface area contributed by atoms with Gasteiger partial charge in [-0.1, -0.05) is 11.6 Å². The van der Waals surface area contributed by atoms with Gasteiger partial charge in [0.1, 0.15) is 0 Å². The van der Waals surface area contributed by atoms with Gasteiger partial charge >= 0.3 is 5.97 Å². The van der Waals surface area contributed by atoms with Gasteiger partial charge in [0.25, 0.3) is 5.91 Å². The maximum Gasteiger partial charge on any atom is 0.335 e. The van der Waals surface area contributed by atoms with Gasteiger partial charge < -0.3 is 10.4 Å². The van der Waals surface area contributed by atoms with Crippen LogP contribution in [0.3, 0.4) is 0 Å². The molecule has 0 atom stereocenters. The standard InChI is InChI=1S/C15H12ClNO3/c1-9-8-11(15(19)20)4-7-13(9)17-14(18)10-2-5-12(16)6-3-10/h2-8H,1H3,(H,17,18)(H,19,20). The summed E-state index contributed by atoms with van der Waals surface area (Å²) in [7, 11) is 0. The van der Waals surface area contributed by atoms with Crippen LogP contribution in [0.1, 0.15) is 26.3 Å². The molecule has 0 saturated heterocycles. The van der Waals surface area contributed by atoms with Crippen LogP contribution in [0.5, 0.6) is 0 Å². The van der Waals surface area contributed by atoms with Crippen LogP contribution in [0.2, 0.25) is 5.02 Å². The van der Waals surface area contributed by atoms with Crippen LogP contribution in [-0.4, -0.2) is 17.0 Å². The van der Waals surface area contributed by atoms with Crippen molar-refractivity contribution in [1.82, 2.24) is 0 Å². The lowest BCUT2D eigenvalue weighted by atomic mass is 10.1. The molecule has 0 saturated carbocycles. The molecule has 0 fully saturated rings. The molecular weight excluding hydrogens is 278 g/mol. The third-order valence-electron chi connectivity index (χ3n) is 2.83. The van der Waals surface area contributed by atoms with Gasteiger partial charge in [0.15, 0.2) is 0 Å². The topological polar surface area (TPSA) is 66.4 Å². The zero-order valence-corrected chi connectivity index (χ0v) is 11.4. The number of aryl methyl sites for hydroxylation is 1. The highest BCUT2D eigenvalue weighted by atomic mass is 35.5. The number of benzene rings is 2. The van der Waals surface area contributed by atoms with E-state index in [1.165, 1.54) is 12.1 Å². The van der Waals surface area contributed by atoms with E-state index in [0.29, 0.717) is 21.8 Å². The zero-order valence-electron chi connectivity index (χ0n) is 10.7. The van der Waals surface area contributed by atoms with Gasteiger partial charge in [-0.25, -0.2) is 4.79 Å². The molecule has 0 aliphatic carbocycles. The molecule has 0 bridgehead atoms. The number of carbonyl (C=O) groups is 2. The van der Waals surface area contributed by atoms with Crippen LogP contribution in [0.15, 0.2) is 42.5 Å². The van der Waals surface area contributed by atoms with Crippen molar-refractivity contribution in [2.24, 2.45) is 0 Å². The number of hydrogen-bond acceptors (Lipinski definition) is 2. The fraction of sp³-hybridized carbons (Fsp3) is 0.0667. The van der Waals surface area contributed by atoms with Gasteiger partial charge in [0, 0.05) is 16.3 Å². The summed E-state index contributed by atoms with van der Waals surface area (Å²) >= 11 is 5.76. The Morgan fingerprint density at radius 3 is 2.20 bits per heavy atom. The molecule has 2 aromatic carbocycles. The summed E-state index contributed by atoms with van der Waals surface area (Å²) in [6, 6.07) is 11.1. The summed E-state index contributed by atoms with van der Waals surface area (Å²) in [6.07, 6.45) is 0. The highest BCUT2D eigenvalue weighted by molar-refractivity contribution is 6.30. The predicted molar refractivity (Wildman–Crippen MR) is 77.5 cm³/mol. The first-order chi connectivity index (χ1) is 9.47. The van der Waals surface area contributed by atoms with Gasteiger partial charge in [-0.3, -0.25) is 4.79 Å². The molecule has 0 radical (unpaired) electrons. The molecule has 4 nitrogen and oxygen atoms in total. The van der Waals surface area contributed by atoms with E-state index in [4.69, 9.17) is 16.7 Å². The van der Waals surface area contributed by atoms with E-state index in [1.54, 1.807) is 37.3 Å². The molecule has 102 valence electrons. The molecule has 2 aromatic rings. The minimum absolute atomic E-state index is 0.187. The lowest BCUT2D eigenvalue weighted by Crippen LogP contribution is -2.13. The third-order valence-corrected chi connectivity index (χ3v) is 3.08. The van der Waals surface area contributed by atoms with Crippen molar-refractivity contribution in [3.63, 3.8) is 0 Å². The van der Waals surface area contributed by atoms with Crippen molar-refractivity contribution in [3.05, 3.63) is 64.2 Å². The normalized spacial score (nSPS) is 10.1. The van der Waals surface area contributed by atoms with Crippen LogP contribution < -0.4 is 5.32 Å². The number of carboxylic acids is 1. The molecule has 2 rings (SSSR count). The minimum Gasteiger partial charge on any atom is -0.478 e. The van der Waals surface area contributed by atoms with E-state index in [9.17, 15) is 9.59 Å². The van der Waals surface area contributed by atoms with E-state index >= 15 is 0 Å². The number of rotatable bonds is 3. The average molecular weight is 290 g/mol. The van der Waals surface area contributed by atoms with Gasteiger partial charge in [-0.05, 0) is 55.0 Å². The number of carboxylic acid groups (broad SMARTS) is 1. The summed E-state index contributed by atoms with van der Waals surface area (Å²) in [4.78, 5) is 22.9. The third kappa shape index (κ3) is 3.16. The number of nitrogens with one attached hydrogen (secondary N) is 1. The van der Waals surface area contributed by atoms with Crippen LogP contribution in [0.25, 0.3) is 0 Å². The Morgan fingerprint density at radius 1 is 1.05 bits per heavy atom. The summed E-state index contributed by atoms with van der Waals surface area (Å²) in [6.45, 7) is 1.74. The largest absolute Gasteiger partial charge is 0.478 e. The Balaban J connectivity index is 2.19. The number of hydrogen-bond donors (Lipinski definition) is 2. The van der Waals surface area contributed by atoms with Crippen LogP contribution in [-0.2, 0) is 0 Å². The van der Waals surface area contributed by atoms with E-state index < -0.39 is 5.97 Å². The predicted octanol–water partition coefficient (Wildman–Crippen LogP) is 3.60. The minimum atomic E-state index is -0.997. The first kappa shape index (κ1) is 14.1. The Labute approximate surface area is 121 Å². The molecule has 0 unspecified atom stereocenters. The SMILES string of the molecule is Cc1cc(C(=O)O)ccc1NC(=O)c1ccc(Cl)cc1. The molecule has 0 heterocycles. The summed E-state index contributed by atoms with van der Waals surface area (Å²) < 4.78 is 0. The van der Waals surface area contributed by atoms with Gasteiger partial charge in [0.05, 0.1) is 5.56 Å². The molecule has 20 heavy (non-hydrogen) atoms. The van der Waals surface area contributed by atoms with Crippen molar-refractivity contribution in [1.29, 1.82) is 0 Å². The number of amides is 1. The first-order valence-corrected chi connectivity index (χ1v) is 6.26. The molecule has 5 heteroatoms. The first-order valence-electron chi connectivity index (χ1n) is 5.88. The second kappa shape index (κ2) is 5.75. The molecule has 2 N–H and O–H groups in total. The lowest BCUT2D eigenvalue weighted by molar-refractivity contribution is 0.0696. The van der Waals surface area contributed by atoms with Crippen molar-refractivity contribution in [3.8, 4) is 0 Å². The number of aromatic carboxylic acids is 1. The quantitative estimate of drug-likeness (QED) is 0.907. The second-order valence-corrected chi connectivity index (χ2v) is 4.73. The number of halogens is 1. The second-order valence-electron chi connectivity index (χ2n) is 4.30. The zero-order chi connectivity index (χ0) is 14.7. The molecular formula is C15H12ClNO3. The Bertz CT molecular complexity index is 665. The molecule has 0 aromatic heterocycles. The van der Waals surface area contributed by atoms with Crippen molar-refractivity contribution >= 4 is 29.2 Å². The van der Waals surface area contributed by atoms with E-state index in [0.717, 1.165) is 0 Å². The van der Waals surface area contributed by atoms with Crippen molar-refractivity contribution < 1.29 is 14.7 Å². The molecule has 0 aliphatic heterocycles. The maximum atomic E-state index is 12.0. The van der Waals surface area contributed by atoms with Crippen LogP contribution in [0.4, 0.5) is 5.69 Å². The highest BCUT2D eigenvalue weighted by Crippen LogP contribution is 2.18. The summed E-state index contributed by atoms with van der Waals surface area (Å²) in [5.41, 5.74) is 1.94. The molecule has 0 spiro atoms. The van der Waals surface area contributed by atoms with Gasteiger partial charge in [-0.2, -0.15) is 0 Å². The van der Waals surface area contributed by atoms with E-state index in [2.05, 4.69) is 5.32 Å². The number of anilines is 1. The maximum absolute atomic E-state index is 12.0. The van der Waals surface area contributed by atoms with E-state index in [-0.39, 0.29) is 11.5 Å². The monoisotopic (exact) mass is 289 g/mol.